The summed E-state index contributed by atoms with van der Waals surface area (Å²) in [6.07, 6.45) is 3.12. The number of nitrogens with zero attached hydrogens (tertiary/aromatic N) is 1. The number of halogens is 1. The van der Waals surface area contributed by atoms with Crippen molar-refractivity contribution in [3.63, 3.8) is 0 Å². The smallest absolute Gasteiger partial charge is 0.410 e. The van der Waals surface area contributed by atoms with Gasteiger partial charge in [-0.3, -0.25) is 4.90 Å². The van der Waals surface area contributed by atoms with Gasteiger partial charge in [0.15, 0.2) is 0 Å². The number of hydrogen-bond acceptors (Lipinski definition) is 3. The van der Waals surface area contributed by atoms with Crippen LogP contribution in [0.1, 0.15) is 33.1 Å². The predicted octanol–water partition coefficient (Wildman–Crippen LogP) is 2.03. The fourth-order valence-electron chi connectivity index (χ4n) is 2.66. The third-order valence-corrected chi connectivity index (χ3v) is 3.95. The summed E-state index contributed by atoms with van der Waals surface area (Å²) in [5.41, 5.74) is 0. The minimum absolute atomic E-state index is 0. The number of carbonyl (C=O) groups is 1. The molecule has 2 atom stereocenters. The zero-order valence-corrected chi connectivity index (χ0v) is 11.5. The lowest BCUT2D eigenvalue weighted by Gasteiger charge is -2.35. The molecule has 0 saturated carbocycles. The fraction of sp³-hybridized carbons (Fsp3) is 0.917. The van der Waals surface area contributed by atoms with Crippen molar-refractivity contribution in [3.05, 3.63) is 0 Å². The van der Waals surface area contributed by atoms with Gasteiger partial charge in [-0.15, -0.1) is 12.4 Å². The molecule has 0 aromatic rings. The SMILES string of the molecule is CC[C@H](C)[C@H]1COC(=O)N1C1CCNCC1.Cl. The second kappa shape index (κ2) is 6.45. The molecule has 0 spiro atoms. The van der Waals surface area contributed by atoms with Gasteiger partial charge >= 0.3 is 6.09 Å². The predicted molar refractivity (Wildman–Crippen MR) is 69.6 cm³/mol. The molecule has 0 aliphatic carbocycles. The molecule has 2 aliphatic rings. The van der Waals surface area contributed by atoms with Crippen molar-refractivity contribution in [1.82, 2.24) is 10.2 Å². The molecule has 2 saturated heterocycles. The second-order valence-corrected chi connectivity index (χ2v) is 4.92. The normalized spacial score (nSPS) is 27.5. The summed E-state index contributed by atoms with van der Waals surface area (Å²) in [7, 11) is 0. The van der Waals surface area contributed by atoms with Crippen LogP contribution in [0.5, 0.6) is 0 Å². The van der Waals surface area contributed by atoms with Gasteiger partial charge in [0, 0.05) is 6.04 Å². The first-order chi connectivity index (χ1) is 7.74. The van der Waals surface area contributed by atoms with E-state index in [2.05, 4.69) is 19.2 Å². The van der Waals surface area contributed by atoms with Crippen molar-refractivity contribution in [1.29, 1.82) is 0 Å². The maximum atomic E-state index is 11.8. The molecule has 2 heterocycles. The van der Waals surface area contributed by atoms with E-state index in [4.69, 9.17) is 4.74 Å². The first-order valence-corrected chi connectivity index (χ1v) is 6.39. The average molecular weight is 263 g/mol. The molecule has 0 radical (unpaired) electrons. The van der Waals surface area contributed by atoms with Gasteiger partial charge in [0.1, 0.15) is 6.61 Å². The minimum atomic E-state index is -0.0998. The van der Waals surface area contributed by atoms with Crippen LogP contribution in [0.15, 0.2) is 0 Å². The highest BCUT2D eigenvalue weighted by Crippen LogP contribution is 2.27. The van der Waals surface area contributed by atoms with Crippen LogP contribution in [0.3, 0.4) is 0 Å². The van der Waals surface area contributed by atoms with Crippen molar-refractivity contribution in [2.45, 2.75) is 45.2 Å². The third-order valence-electron chi connectivity index (χ3n) is 3.95. The average Bonchev–Trinajstić information content (AvgIpc) is 2.71. The molecular formula is C12H23ClN2O2. The number of amides is 1. The molecule has 2 aliphatic heterocycles. The van der Waals surface area contributed by atoms with E-state index in [-0.39, 0.29) is 18.5 Å². The van der Waals surface area contributed by atoms with Crippen LogP contribution in [-0.4, -0.2) is 42.8 Å². The van der Waals surface area contributed by atoms with Gasteiger partial charge in [-0.2, -0.15) is 0 Å². The zero-order chi connectivity index (χ0) is 11.5. The molecular weight excluding hydrogens is 240 g/mol. The molecule has 1 amide bonds. The summed E-state index contributed by atoms with van der Waals surface area (Å²) < 4.78 is 5.22. The first-order valence-electron chi connectivity index (χ1n) is 6.39. The van der Waals surface area contributed by atoms with Crippen LogP contribution in [-0.2, 0) is 4.74 Å². The zero-order valence-electron chi connectivity index (χ0n) is 10.6. The lowest BCUT2D eigenvalue weighted by Crippen LogP contribution is -2.49. The molecule has 0 aromatic carbocycles. The van der Waals surface area contributed by atoms with Crippen LogP contribution in [0.25, 0.3) is 0 Å². The molecule has 1 N–H and O–H groups in total. The molecule has 0 bridgehead atoms. The van der Waals surface area contributed by atoms with Gasteiger partial charge in [-0.25, -0.2) is 4.79 Å². The van der Waals surface area contributed by atoms with E-state index in [1.165, 1.54) is 0 Å². The van der Waals surface area contributed by atoms with Crippen LogP contribution < -0.4 is 5.32 Å². The van der Waals surface area contributed by atoms with Crippen LogP contribution in [0.2, 0.25) is 0 Å². The maximum absolute atomic E-state index is 11.8. The van der Waals surface area contributed by atoms with E-state index >= 15 is 0 Å². The highest BCUT2D eigenvalue weighted by molar-refractivity contribution is 5.85. The van der Waals surface area contributed by atoms with Crippen LogP contribution >= 0.6 is 12.4 Å². The number of piperidine rings is 1. The van der Waals surface area contributed by atoms with Gasteiger partial charge in [-0.05, 0) is 31.8 Å². The Morgan fingerprint density at radius 1 is 1.47 bits per heavy atom. The summed E-state index contributed by atoms with van der Waals surface area (Å²) >= 11 is 0. The van der Waals surface area contributed by atoms with Crippen molar-refractivity contribution in [2.75, 3.05) is 19.7 Å². The molecule has 100 valence electrons. The van der Waals surface area contributed by atoms with E-state index in [0.29, 0.717) is 24.6 Å². The Kier molecular flexibility index (Phi) is 5.53. The molecule has 2 rings (SSSR count). The molecule has 17 heavy (non-hydrogen) atoms. The fourth-order valence-corrected chi connectivity index (χ4v) is 2.66. The van der Waals surface area contributed by atoms with Crippen molar-refractivity contribution in [2.24, 2.45) is 5.92 Å². The molecule has 4 nitrogen and oxygen atoms in total. The first kappa shape index (κ1) is 14.6. The summed E-state index contributed by atoms with van der Waals surface area (Å²) in [5.74, 6) is 0.529. The van der Waals surface area contributed by atoms with Gasteiger partial charge in [0.25, 0.3) is 0 Å². The number of rotatable bonds is 3. The van der Waals surface area contributed by atoms with Gasteiger partial charge in [0.2, 0.25) is 0 Å². The highest BCUT2D eigenvalue weighted by Gasteiger charge is 2.40. The number of hydrogen-bond donors (Lipinski definition) is 1. The number of ether oxygens (including phenoxy) is 1. The van der Waals surface area contributed by atoms with Crippen molar-refractivity contribution in [3.8, 4) is 0 Å². The van der Waals surface area contributed by atoms with Gasteiger partial charge < -0.3 is 10.1 Å². The summed E-state index contributed by atoms with van der Waals surface area (Å²) in [6, 6.07) is 0.677. The lowest BCUT2D eigenvalue weighted by atomic mass is 9.95. The van der Waals surface area contributed by atoms with E-state index in [1.54, 1.807) is 0 Å². The second-order valence-electron chi connectivity index (χ2n) is 4.92. The number of cyclic esters (lactones) is 1. The van der Waals surface area contributed by atoms with E-state index in [0.717, 1.165) is 32.4 Å². The van der Waals surface area contributed by atoms with Crippen LogP contribution in [0, 0.1) is 5.92 Å². The highest BCUT2D eigenvalue weighted by atomic mass is 35.5. The Balaban J connectivity index is 0.00000144. The Hall–Kier alpha value is -0.480. The van der Waals surface area contributed by atoms with Crippen molar-refractivity contribution >= 4 is 18.5 Å². The quantitative estimate of drug-likeness (QED) is 0.846. The summed E-state index contributed by atoms with van der Waals surface area (Å²) in [6.45, 7) is 7.00. The largest absolute Gasteiger partial charge is 0.447 e. The topological polar surface area (TPSA) is 41.6 Å². The summed E-state index contributed by atoms with van der Waals surface area (Å²) in [5, 5.41) is 3.33. The van der Waals surface area contributed by atoms with E-state index in [9.17, 15) is 4.79 Å². The van der Waals surface area contributed by atoms with Gasteiger partial charge in [0.05, 0.1) is 6.04 Å². The third kappa shape index (κ3) is 3.05. The Bertz CT molecular complexity index is 257. The Labute approximate surface area is 109 Å². The van der Waals surface area contributed by atoms with Gasteiger partial charge in [-0.1, -0.05) is 20.3 Å². The molecule has 2 fully saturated rings. The lowest BCUT2D eigenvalue weighted by molar-refractivity contribution is 0.125. The monoisotopic (exact) mass is 262 g/mol. The maximum Gasteiger partial charge on any atom is 0.410 e. The number of carbonyl (C=O) groups excluding carboxylic acids is 1. The van der Waals surface area contributed by atoms with Crippen LogP contribution in [0.4, 0.5) is 4.79 Å². The Morgan fingerprint density at radius 2 is 2.12 bits per heavy atom. The summed E-state index contributed by atoms with van der Waals surface area (Å²) in [4.78, 5) is 13.8. The number of nitrogens with one attached hydrogen (secondary N) is 1. The van der Waals surface area contributed by atoms with E-state index in [1.807, 2.05) is 4.90 Å². The standard InChI is InChI=1S/C12H22N2O2.ClH/c1-3-9(2)11-8-16-12(15)14(11)10-4-6-13-7-5-10;/h9-11,13H,3-8H2,1-2H3;1H/t9-,11+;/m0./s1. The molecule has 0 unspecified atom stereocenters. The van der Waals surface area contributed by atoms with Crippen molar-refractivity contribution < 1.29 is 9.53 Å². The van der Waals surface area contributed by atoms with E-state index < -0.39 is 0 Å². The molecule has 5 heteroatoms. The Morgan fingerprint density at radius 3 is 2.71 bits per heavy atom. The molecule has 0 aromatic heterocycles. The minimum Gasteiger partial charge on any atom is -0.447 e.